The van der Waals surface area contributed by atoms with Gasteiger partial charge in [-0.3, -0.25) is 4.79 Å². The highest BCUT2D eigenvalue weighted by Gasteiger charge is 2.02. The van der Waals surface area contributed by atoms with Crippen LogP contribution in [0.2, 0.25) is 0 Å². The lowest BCUT2D eigenvalue weighted by Gasteiger charge is -2.06. The predicted octanol–water partition coefficient (Wildman–Crippen LogP) is 0.221. The summed E-state index contributed by atoms with van der Waals surface area (Å²) in [5.41, 5.74) is 1.44. The number of rotatable bonds is 5. The fraction of sp³-hybridized carbons (Fsp3) is 0.250. The zero-order chi connectivity index (χ0) is 12.7. The number of carboxylic acids is 1. The third kappa shape index (κ3) is 4.80. The zero-order valence-corrected chi connectivity index (χ0v) is 9.10. The molecule has 0 heterocycles. The van der Waals surface area contributed by atoms with E-state index in [9.17, 15) is 14.7 Å². The monoisotopic (exact) mass is 231 g/mol. The summed E-state index contributed by atoms with van der Waals surface area (Å²) in [7, 11) is 0. The first-order chi connectivity index (χ1) is 8.11. The van der Waals surface area contributed by atoms with Gasteiger partial charge in [0.1, 0.15) is 0 Å². The molecule has 0 aliphatic heterocycles. The van der Waals surface area contributed by atoms with Crippen molar-refractivity contribution in [3.63, 3.8) is 0 Å². The lowest BCUT2D eigenvalue weighted by Crippen LogP contribution is -2.24. The maximum absolute atomic E-state index is 11.3. The van der Waals surface area contributed by atoms with E-state index in [2.05, 4.69) is 5.32 Å². The molecule has 0 bridgehead atoms. The van der Waals surface area contributed by atoms with E-state index < -0.39 is 5.97 Å². The summed E-state index contributed by atoms with van der Waals surface area (Å²) in [4.78, 5) is 21.4. The van der Waals surface area contributed by atoms with Gasteiger partial charge in [-0.15, -0.1) is 0 Å². The van der Waals surface area contributed by atoms with E-state index in [0.717, 1.165) is 5.56 Å². The lowest BCUT2D eigenvalue weighted by atomic mass is 10.1. The summed E-state index contributed by atoms with van der Waals surface area (Å²) in [6.07, 6.45) is -0.0838. The van der Waals surface area contributed by atoms with Gasteiger partial charge in [0, 0.05) is 18.1 Å². The van der Waals surface area contributed by atoms with Crippen LogP contribution in [-0.2, 0) is 16.0 Å². The Bertz CT molecular complexity index is 446. The number of nitrogens with one attached hydrogen (secondary N) is 1. The van der Waals surface area contributed by atoms with Crippen LogP contribution in [0.3, 0.4) is 0 Å². The minimum Gasteiger partial charge on any atom is -0.550 e. The predicted molar refractivity (Wildman–Crippen MR) is 58.6 cm³/mol. The standard InChI is InChI=1S/C12H12N2O3/c13-8-7-9-1-3-10(4-2-9)14-11(15)5-6-12(16)17/h1-4H,5-7H2,(H,14,15)(H,16,17)/p-1. The van der Waals surface area contributed by atoms with Crippen LogP contribution in [0.15, 0.2) is 24.3 Å². The van der Waals surface area contributed by atoms with Gasteiger partial charge in [0.25, 0.3) is 0 Å². The maximum Gasteiger partial charge on any atom is 0.224 e. The summed E-state index contributed by atoms with van der Waals surface area (Å²) in [6, 6.07) is 8.83. The van der Waals surface area contributed by atoms with Gasteiger partial charge in [-0.2, -0.15) is 5.26 Å². The minimum absolute atomic E-state index is 0.109. The highest BCUT2D eigenvalue weighted by atomic mass is 16.4. The molecule has 0 atom stereocenters. The number of hydrogen-bond acceptors (Lipinski definition) is 4. The van der Waals surface area contributed by atoms with Crippen LogP contribution >= 0.6 is 0 Å². The number of anilines is 1. The van der Waals surface area contributed by atoms with E-state index in [0.29, 0.717) is 12.1 Å². The third-order valence-corrected chi connectivity index (χ3v) is 2.08. The molecule has 0 aliphatic carbocycles. The minimum atomic E-state index is -1.25. The van der Waals surface area contributed by atoms with Crippen molar-refractivity contribution < 1.29 is 14.7 Å². The summed E-state index contributed by atoms with van der Waals surface area (Å²) >= 11 is 0. The fourth-order valence-electron chi connectivity index (χ4n) is 1.24. The quantitative estimate of drug-likeness (QED) is 0.784. The SMILES string of the molecule is N#CCc1ccc(NC(=O)CCC(=O)[O-])cc1. The highest BCUT2D eigenvalue weighted by Crippen LogP contribution is 2.10. The first-order valence-corrected chi connectivity index (χ1v) is 5.07. The third-order valence-electron chi connectivity index (χ3n) is 2.08. The van der Waals surface area contributed by atoms with Crippen molar-refractivity contribution in [2.45, 2.75) is 19.3 Å². The molecule has 0 saturated carbocycles. The molecule has 0 spiro atoms. The van der Waals surface area contributed by atoms with Crippen molar-refractivity contribution in [3.05, 3.63) is 29.8 Å². The first-order valence-electron chi connectivity index (χ1n) is 5.07. The number of carbonyl (C=O) groups excluding carboxylic acids is 2. The number of nitriles is 1. The molecule has 1 N–H and O–H groups in total. The van der Waals surface area contributed by atoms with E-state index in [1.54, 1.807) is 24.3 Å². The molecule has 5 nitrogen and oxygen atoms in total. The Hall–Kier alpha value is -2.35. The normalized spacial score (nSPS) is 9.35. The van der Waals surface area contributed by atoms with Gasteiger partial charge in [0.15, 0.2) is 0 Å². The number of carbonyl (C=O) groups is 2. The van der Waals surface area contributed by atoms with Gasteiger partial charge in [0.05, 0.1) is 12.5 Å². The Labute approximate surface area is 98.7 Å². The van der Waals surface area contributed by atoms with E-state index in [4.69, 9.17) is 5.26 Å². The largest absolute Gasteiger partial charge is 0.550 e. The van der Waals surface area contributed by atoms with Gasteiger partial charge in [-0.1, -0.05) is 12.1 Å². The second-order valence-electron chi connectivity index (χ2n) is 3.45. The second-order valence-corrected chi connectivity index (χ2v) is 3.45. The number of benzene rings is 1. The average Bonchev–Trinajstić information content (AvgIpc) is 2.29. The molecule has 1 aromatic carbocycles. The molecule has 0 aliphatic rings. The Morgan fingerprint density at radius 2 is 1.88 bits per heavy atom. The van der Waals surface area contributed by atoms with Crippen LogP contribution in [0.1, 0.15) is 18.4 Å². The van der Waals surface area contributed by atoms with Crippen molar-refractivity contribution in [2.24, 2.45) is 0 Å². The van der Waals surface area contributed by atoms with Crippen LogP contribution in [-0.4, -0.2) is 11.9 Å². The summed E-state index contributed by atoms with van der Waals surface area (Å²) in [5, 5.41) is 21.2. The number of hydrogen-bond donors (Lipinski definition) is 1. The second kappa shape index (κ2) is 6.28. The van der Waals surface area contributed by atoms with E-state index >= 15 is 0 Å². The van der Waals surface area contributed by atoms with Crippen molar-refractivity contribution in [1.29, 1.82) is 5.26 Å². The van der Waals surface area contributed by atoms with E-state index in [1.165, 1.54) is 0 Å². The topological polar surface area (TPSA) is 93.0 Å². The van der Waals surface area contributed by atoms with E-state index in [-0.39, 0.29) is 18.7 Å². The summed E-state index contributed by atoms with van der Waals surface area (Å²) in [6.45, 7) is 0. The Kier molecular flexibility index (Phi) is 4.70. The molecule has 0 unspecified atom stereocenters. The number of aliphatic carboxylic acids is 1. The van der Waals surface area contributed by atoms with Crippen LogP contribution < -0.4 is 10.4 Å². The van der Waals surface area contributed by atoms with Crippen molar-refractivity contribution in [3.8, 4) is 6.07 Å². The molecule has 5 heteroatoms. The molecule has 1 rings (SSSR count). The number of carboxylic acid groups (broad SMARTS) is 1. The molecule has 0 fully saturated rings. The Morgan fingerprint density at radius 1 is 1.24 bits per heavy atom. The van der Waals surface area contributed by atoms with E-state index in [1.807, 2.05) is 6.07 Å². The van der Waals surface area contributed by atoms with Gasteiger partial charge < -0.3 is 15.2 Å². The maximum atomic E-state index is 11.3. The van der Waals surface area contributed by atoms with Crippen molar-refractivity contribution >= 4 is 17.6 Å². The van der Waals surface area contributed by atoms with Crippen molar-refractivity contribution in [1.82, 2.24) is 0 Å². The summed E-state index contributed by atoms with van der Waals surface area (Å²) in [5.74, 6) is -1.62. The highest BCUT2D eigenvalue weighted by molar-refractivity contribution is 5.92. The molecule has 1 aromatic rings. The van der Waals surface area contributed by atoms with Crippen LogP contribution in [0, 0.1) is 11.3 Å². The van der Waals surface area contributed by atoms with Crippen LogP contribution in [0.25, 0.3) is 0 Å². The molecule has 0 radical (unpaired) electrons. The molecule has 0 aromatic heterocycles. The summed E-state index contributed by atoms with van der Waals surface area (Å²) < 4.78 is 0. The van der Waals surface area contributed by atoms with Gasteiger partial charge in [-0.05, 0) is 24.1 Å². The molecule has 17 heavy (non-hydrogen) atoms. The fourth-order valence-corrected chi connectivity index (χ4v) is 1.24. The Morgan fingerprint density at radius 3 is 2.41 bits per heavy atom. The van der Waals surface area contributed by atoms with Crippen molar-refractivity contribution in [2.75, 3.05) is 5.32 Å². The lowest BCUT2D eigenvalue weighted by molar-refractivity contribution is -0.305. The molecular weight excluding hydrogens is 220 g/mol. The van der Waals surface area contributed by atoms with Gasteiger partial charge in [-0.25, -0.2) is 0 Å². The zero-order valence-electron chi connectivity index (χ0n) is 9.10. The molecule has 0 saturated heterocycles. The van der Waals surface area contributed by atoms with Crippen LogP contribution in [0.4, 0.5) is 5.69 Å². The smallest absolute Gasteiger partial charge is 0.224 e. The average molecular weight is 231 g/mol. The van der Waals surface area contributed by atoms with Crippen LogP contribution in [0.5, 0.6) is 0 Å². The van der Waals surface area contributed by atoms with Gasteiger partial charge in [0.2, 0.25) is 5.91 Å². The first kappa shape index (κ1) is 12.7. The number of nitrogens with zero attached hydrogens (tertiary/aromatic N) is 1. The molecule has 88 valence electrons. The van der Waals surface area contributed by atoms with Gasteiger partial charge >= 0.3 is 0 Å². The molecular formula is C12H11N2O3-. The molecule has 1 amide bonds. The Balaban J connectivity index is 2.49. The number of amides is 1.